The Balaban J connectivity index is 2.64. The van der Waals surface area contributed by atoms with Gasteiger partial charge in [-0.3, -0.25) is 0 Å². The van der Waals surface area contributed by atoms with Crippen molar-refractivity contribution in [2.45, 2.75) is 39.7 Å². The molecule has 0 aromatic heterocycles. The van der Waals surface area contributed by atoms with Crippen molar-refractivity contribution < 1.29 is 9.53 Å². The molecule has 0 radical (unpaired) electrons. The van der Waals surface area contributed by atoms with E-state index in [1.165, 1.54) is 7.11 Å². The largest absolute Gasteiger partial charge is 0.465 e. The summed E-state index contributed by atoms with van der Waals surface area (Å²) in [5.41, 5.74) is 8.06. The van der Waals surface area contributed by atoms with Crippen LogP contribution in [0.1, 0.15) is 55.6 Å². The van der Waals surface area contributed by atoms with Gasteiger partial charge in [0.1, 0.15) is 0 Å². The molecule has 18 heavy (non-hydrogen) atoms. The summed E-state index contributed by atoms with van der Waals surface area (Å²) in [6, 6.07) is 7.35. The van der Waals surface area contributed by atoms with Gasteiger partial charge in [0, 0.05) is 6.04 Å². The van der Waals surface area contributed by atoms with E-state index in [1.54, 1.807) is 12.1 Å². The van der Waals surface area contributed by atoms with E-state index in [0.29, 0.717) is 11.0 Å². The fourth-order valence-corrected chi connectivity index (χ4v) is 1.74. The lowest BCUT2D eigenvalue weighted by Crippen LogP contribution is -2.15. The van der Waals surface area contributed by atoms with Crippen LogP contribution in [-0.2, 0) is 4.74 Å². The number of nitrogens with two attached hydrogens (primary N) is 1. The van der Waals surface area contributed by atoms with E-state index in [1.807, 2.05) is 12.1 Å². The van der Waals surface area contributed by atoms with E-state index >= 15 is 0 Å². The van der Waals surface area contributed by atoms with Gasteiger partial charge < -0.3 is 10.5 Å². The third kappa shape index (κ3) is 4.49. The summed E-state index contributed by atoms with van der Waals surface area (Å²) in [7, 11) is 1.38. The van der Waals surface area contributed by atoms with Crippen molar-refractivity contribution in [3.63, 3.8) is 0 Å². The lowest BCUT2D eigenvalue weighted by atomic mass is 9.87. The minimum absolute atomic E-state index is 0.0240. The van der Waals surface area contributed by atoms with Gasteiger partial charge in [-0.2, -0.15) is 0 Å². The van der Waals surface area contributed by atoms with Gasteiger partial charge in [0.15, 0.2) is 0 Å². The highest BCUT2D eigenvalue weighted by Crippen LogP contribution is 2.26. The van der Waals surface area contributed by atoms with E-state index in [-0.39, 0.29) is 12.0 Å². The predicted octanol–water partition coefficient (Wildman–Crippen LogP) is 3.30. The molecule has 0 fully saturated rings. The Morgan fingerprint density at radius 2 is 1.83 bits per heavy atom. The van der Waals surface area contributed by atoms with Crippen LogP contribution in [0.15, 0.2) is 24.3 Å². The Hall–Kier alpha value is -1.35. The molecular formula is C15H23NO2. The summed E-state index contributed by atoms with van der Waals surface area (Å²) in [6.07, 6.45) is 2.02. The van der Waals surface area contributed by atoms with Gasteiger partial charge in [-0.1, -0.05) is 32.9 Å². The minimum Gasteiger partial charge on any atom is -0.465 e. The standard InChI is InChI=1S/C15H23NO2/c1-15(2,3)10-9-13(16)11-5-7-12(8-6-11)14(17)18-4/h5-8,13H,9-10,16H2,1-4H3. The van der Waals surface area contributed by atoms with Crippen LogP contribution in [0.25, 0.3) is 0 Å². The molecule has 1 rings (SSSR count). The van der Waals surface area contributed by atoms with Gasteiger partial charge in [-0.15, -0.1) is 0 Å². The SMILES string of the molecule is COC(=O)c1ccc(C(N)CCC(C)(C)C)cc1. The number of hydrogen-bond donors (Lipinski definition) is 1. The highest BCUT2D eigenvalue weighted by molar-refractivity contribution is 5.89. The Morgan fingerprint density at radius 1 is 1.28 bits per heavy atom. The topological polar surface area (TPSA) is 52.3 Å². The minimum atomic E-state index is -0.315. The zero-order chi connectivity index (χ0) is 13.8. The summed E-state index contributed by atoms with van der Waals surface area (Å²) < 4.78 is 4.66. The number of esters is 1. The maximum atomic E-state index is 11.3. The maximum Gasteiger partial charge on any atom is 0.337 e. The summed E-state index contributed by atoms with van der Waals surface area (Å²) in [5.74, 6) is -0.315. The van der Waals surface area contributed by atoms with Crippen LogP contribution in [0.5, 0.6) is 0 Å². The average Bonchev–Trinajstić information content (AvgIpc) is 2.34. The van der Waals surface area contributed by atoms with Crippen molar-refractivity contribution in [3.8, 4) is 0 Å². The van der Waals surface area contributed by atoms with E-state index in [4.69, 9.17) is 5.73 Å². The maximum absolute atomic E-state index is 11.3. The normalized spacial score (nSPS) is 13.2. The van der Waals surface area contributed by atoms with Crippen molar-refractivity contribution in [2.24, 2.45) is 11.1 Å². The van der Waals surface area contributed by atoms with Crippen LogP contribution in [0.3, 0.4) is 0 Å². The Morgan fingerprint density at radius 3 is 2.28 bits per heavy atom. The molecule has 0 aliphatic rings. The average molecular weight is 249 g/mol. The number of benzene rings is 1. The van der Waals surface area contributed by atoms with Crippen LogP contribution in [0.2, 0.25) is 0 Å². The summed E-state index contributed by atoms with van der Waals surface area (Å²) in [5, 5.41) is 0. The van der Waals surface area contributed by atoms with E-state index in [9.17, 15) is 4.79 Å². The quantitative estimate of drug-likeness (QED) is 0.833. The first-order chi connectivity index (χ1) is 8.33. The molecule has 1 aromatic carbocycles. The molecule has 1 atom stereocenters. The first-order valence-electron chi connectivity index (χ1n) is 6.27. The molecule has 0 amide bonds. The number of carbonyl (C=O) groups is 1. The van der Waals surface area contributed by atoms with Crippen LogP contribution in [0, 0.1) is 5.41 Å². The van der Waals surface area contributed by atoms with Gasteiger partial charge in [0.25, 0.3) is 0 Å². The fourth-order valence-electron chi connectivity index (χ4n) is 1.74. The lowest BCUT2D eigenvalue weighted by molar-refractivity contribution is 0.0600. The summed E-state index contributed by atoms with van der Waals surface area (Å²) in [6.45, 7) is 6.63. The number of hydrogen-bond acceptors (Lipinski definition) is 3. The molecule has 0 bridgehead atoms. The van der Waals surface area contributed by atoms with Crippen molar-refractivity contribution in [1.82, 2.24) is 0 Å². The second-order valence-electron chi connectivity index (χ2n) is 5.82. The summed E-state index contributed by atoms with van der Waals surface area (Å²) >= 11 is 0. The monoisotopic (exact) mass is 249 g/mol. The molecule has 0 aliphatic carbocycles. The molecule has 0 saturated heterocycles. The molecule has 3 heteroatoms. The molecule has 1 aromatic rings. The van der Waals surface area contributed by atoms with E-state index in [2.05, 4.69) is 25.5 Å². The lowest BCUT2D eigenvalue weighted by Gasteiger charge is -2.21. The second kappa shape index (κ2) is 6.01. The van der Waals surface area contributed by atoms with Gasteiger partial charge in [0.2, 0.25) is 0 Å². The second-order valence-corrected chi connectivity index (χ2v) is 5.82. The number of carbonyl (C=O) groups excluding carboxylic acids is 1. The van der Waals surface area contributed by atoms with Gasteiger partial charge in [-0.25, -0.2) is 4.79 Å². The molecule has 0 saturated carbocycles. The van der Waals surface area contributed by atoms with Crippen LogP contribution >= 0.6 is 0 Å². The third-order valence-electron chi connectivity index (χ3n) is 2.97. The van der Waals surface area contributed by atoms with Crippen molar-refractivity contribution in [1.29, 1.82) is 0 Å². The number of ether oxygens (including phenoxy) is 1. The highest BCUT2D eigenvalue weighted by atomic mass is 16.5. The first-order valence-corrected chi connectivity index (χ1v) is 6.27. The van der Waals surface area contributed by atoms with Crippen molar-refractivity contribution in [3.05, 3.63) is 35.4 Å². The van der Waals surface area contributed by atoms with Crippen LogP contribution in [0.4, 0.5) is 0 Å². The number of rotatable bonds is 4. The van der Waals surface area contributed by atoms with Crippen molar-refractivity contribution >= 4 is 5.97 Å². The summed E-state index contributed by atoms with van der Waals surface area (Å²) in [4.78, 5) is 11.3. The molecule has 3 nitrogen and oxygen atoms in total. The van der Waals surface area contributed by atoms with E-state index < -0.39 is 0 Å². The third-order valence-corrected chi connectivity index (χ3v) is 2.97. The first kappa shape index (κ1) is 14.7. The Labute approximate surface area is 109 Å². The zero-order valence-corrected chi connectivity index (χ0v) is 11.7. The van der Waals surface area contributed by atoms with Crippen molar-refractivity contribution in [2.75, 3.05) is 7.11 Å². The fraction of sp³-hybridized carbons (Fsp3) is 0.533. The van der Waals surface area contributed by atoms with E-state index in [0.717, 1.165) is 18.4 Å². The molecule has 0 aliphatic heterocycles. The Bertz CT molecular complexity index is 390. The van der Waals surface area contributed by atoms with Crippen LogP contribution < -0.4 is 5.73 Å². The predicted molar refractivity (Wildman–Crippen MR) is 73.4 cm³/mol. The molecule has 0 heterocycles. The van der Waals surface area contributed by atoms with Gasteiger partial charge in [-0.05, 0) is 36.0 Å². The zero-order valence-electron chi connectivity index (χ0n) is 11.7. The number of methoxy groups -OCH3 is 1. The van der Waals surface area contributed by atoms with Gasteiger partial charge >= 0.3 is 5.97 Å². The van der Waals surface area contributed by atoms with Gasteiger partial charge in [0.05, 0.1) is 12.7 Å². The van der Waals surface area contributed by atoms with Crippen LogP contribution in [-0.4, -0.2) is 13.1 Å². The molecule has 100 valence electrons. The molecule has 0 spiro atoms. The Kier molecular flexibility index (Phi) is 4.91. The smallest absolute Gasteiger partial charge is 0.337 e. The molecule has 1 unspecified atom stereocenters. The molecular weight excluding hydrogens is 226 g/mol. The molecule has 2 N–H and O–H groups in total. The highest BCUT2D eigenvalue weighted by Gasteiger charge is 2.14.